The Bertz CT molecular complexity index is 4080. The van der Waals surface area contributed by atoms with E-state index in [1.54, 1.807) is 18.5 Å². The smallest absolute Gasteiger partial charge is 0.330 e. The molecule has 0 aliphatic heterocycles. The number of ether oxygens (including phenoxy) is 7. The van der Waals surface area contributed by atoms with E-state index in [1.165, 1.54) is 81.9 Å². The summed E-state index contributed by atoms with van der Waals surface area (Å²) in [5, 5.41) is 0. The number of hydrogen-bond donors (Lipinski definition) is 7. The first-order valence-corrected chi connectivity index (χ1v) is 45.7. The molecule has 25 heteroatoms. The summed E-state index contributed by atoms with van der Waals surface area (Å²) in [5.74, 6) is -0.691. The predicted octanol–water partition coefficient (Wildman–Crippen LogP) is 19.0. The van der Waals surface area contributed by atoms with Crippen LogP contribution in [0.2, 0.25) is 0 Å². The molecular weight excluding hydrogens is 1760 g/mol. The number of aromatic nitrogens is 1. The highest BCUT2D eigenvalue weighted by Gasteiger charge is 2.42. The van der Waals surface area contributed by atoms with Crippen molar-refractivity contribution < 1.29 is 66.7 Å². The van der Waals surface area contributed by atoms with Crippen molar-refractivity contribution in [3.63, 3.8) is 0 Å². The molecule has 8 rings (SSSR count). The maximum Gasteiger partial charge on any atom is 0.330 e. The predicted molar refractivity (Wildman–Crippen MR) is 507 cm³/mol. The number of esters is 7. The molecule has 0 amide bonds. The standard InChI is InChI=1S/C17H24BrNO2.C17H19NO2.C14H21NO2.C13H18BrNO2.C13H19NO2.C13H27NO2.C12H17BrN2O2/c1-21-16(20)17(19,14-8-5-9-15(18)12-14)11-10-13-6-3-2-4-7-13;1-20-16(19)17(18,12-14-8-4-2-5-9-14)13-15-10-6-3-7-11-15;1-3-4-10-14(15,13(16)17-2)11-12-8-6-5-7-9-12;1-3-4-8-13(15,12(16)17-2)10-6-5-7-11(14)9-10;1-3-4-10-13(14,12(15)16-2)11-8-6-5-7-9-11;1-10(2)6-8-13(14,12(15)16-5)9-7-11(3)4;1-3-4-5-12(14,11(16)17-2)9-6-10(13)8-15-7-9/h5,8-9,12-13H,2-4,6-7,10-11,19H2,1H3;2-11H,12-13,18H2,1H3;5-9H,3-4,10-11,15H2,1-2H3;5-7,9H,3-4,8,15H2,1-2H3;5-9H,3-4,10,14H2,1-2H3;10-11H,6-9,14H2,1-5H3;6-8H,3-5,14H2,1-2H3. The Kier molecular flexibility index (Phi) is 53.3. The lowest BCUT2D eigenvalue weighted by atomic mass is 9.79. The van der Waals surface area contributed by atoms with Crippen LogP contribution in [0.25, 0.3) is 0 Å². The Morgan fingerprint density at radius 3 is 0.976 bits per heavy atom. The molecule has 0 bridgehead atoms. The minimum atomic E-state index is -1.11. The number of nitrogens with two attached hydrogens (primary N) is 7. The van der Waals surface area contributed by atoms with Gasteiger partial charge in [-0.05, 0) is 162 Å². The average molecular weight is 1910 g/mol. The summed E-state index contributed by atoms with van der Waals surface area (Å²) in [6.45, 7) is 16.8. The van der Waals surface area contributed by atoms with Gasteiger partial charge in [0, 0.05) is 50.6 Å². The summed E-state index contributed by atoms with van der Waals surface area (Å²) in [6.07, 6.45) is 26.1. The maximum absolute atomic E-state index is 12.3. The summed E-state index contributed by atoms with van der Waals surface area (Å²) in [6, 6.07) is 55.7. The van der Waals surface area contributed by atoms with Gasteiger partial charge in [-0.3, -0.25) is 19.4 Å². The van der Waals surface area contributed by atoms with Gasteiger partial charge in [-0.15, -0.1) is 0 Å². The molecule has 1 aliphatic rings. The van der Waals surface area contributed by atoms with Gasteiger partial charge in [0.1, 0.15) is 38.8 Å². The zero-order valence-electron chi connectivity index (χ0n) is 76.4. The zero-order chi connectivity index (χ0) is 93.0. The monoisotopic (exact) mass is 1910 g/mol. The van der Waals surface area contributed by atoms with E-state index in [2.05, 4.69) is 108 Å². The van der Waals surface area contributed by atoms with E-state index >= 15 is 0 Å². The molecule has 6 aromatic carbocycles. The molecule has 0 radical (unpaired) electrons. The van der Waals surface area contributed by atoms with Crippen LogP contribution < -0.4 is 40.1 Å². The first-order chi connectivity index (χ1) is 58.9. The molecule has 14 N–H and O–H groups in total. The highest BCUT2D eigenvalue weighted by atomic mass is 79.9. The van der Waals surface area contributed by atoms with E-state index in [0.717, 1.165) is 117 Å². The lowest BCUT2D eigenvalue weighted by Crippen LogP contribution is -2.52. The van der Waals surface area contributed by atoms with Gasteiger partial charge in [-0.1, -0.05) is 316 Å². The fraction of sp³-hybridized carbons (Fsp3) is 0.515. The van der Waals surface area contributed by atoms with Crippen molar-refractivity contribution in [2.45, 2.75) is 261 Å². The van der Waals surface area contributed by atoms with E-state index in [9.17, 15) is 33.6 Å². The van der Waals surface area contributed by atoms with E-state index in [4.69, 9.17) is 73.3 Å². The van der Waals surface area contributed by atoms with Gasteiger partial charge < -0.3 is 73.3 Å². The number of pyridine rings is 1. The van der Waals surface area contributed by atoms with Crippen LogP contribution in [0, 0.1) is 17.8 Å². The summed E-state index contributed by atoms with van der Waals surface area (Å²) in [5.41, 5.74) is 43.1. The minimum absolute atomic E-state index is 0.270. The number of rotatable bonds is 38. The molecule has 1 heterocycles. The number of nitrogens with zero attached hydrogens (tertiary/aromatic N) is 1. The number of benzene rings is 6. The minimum Gasteiger partial charge on any atom is -0.468 e. The van der Waals surface area contributed by atoms with Gasteiger partial charge in [0.2, 0.25) is 0 Å². The van der Waals surface area contributed by atoms with Crippen molar-refractivity contribution in [2.24, 2.45) is 57.9 Å². The molecule has 7 aromatic rings. The fourth-order valence-electron chi connectivity index (χ4n) is 14.3. The van der Waals surface area contributed by atoms with Crippen molar-refractivity contribution in [3.8, 4) is 0 Å². The Labute approximate surface area is 765 Å². The molecule has 1 aromatic heterocycles. The van der Waals surface area contributed by atoms with Crippen LogP contribution in [0.3, 0.4) is 0 Å². The van der Waals surface area contributed by atoms with Gasteiger partial charge in [0.25, 0.3) is 0 Å². The first-order valence-electron chi connectivity index (χ1n) is 43.3. The van der Waals surface area contributed by atoms with Crippen molar-refractivity contribution in [1.29, 1.82) is 0 Å². The third kappa shape index (κ3) is 38.2. The molecule has 124 heavy (non-hydrogen) atoms. The van der Waals surface area contributed by atoms with E-state index in [1.807, 2.05) is 170 Å². The number of carbonyl (C=O) groups is 7. The van der Waals surface area contributed by atoms with Crippen LogP contribution in [0.15, 0.2) is 202 Å². The number of methoxy groups -OCH3 is 7. The molecular formula is C99H145Br3N8O14. The first kappa shape index (κ1) is 112. The van der Waals surface area contributed by atoms with E-state index in [0.29, 0.717) is 87.5 Å². The van der Waals surface area contributed by atoms with Crippen LogP contribution in [0.4, 0.5) is 0 Å². The average Bonchev–Trinajstić information content (AvgIpc) is 0.825. The number of unbranched alkanes of at least 4 members (excludes halogenated alkanes) is 4. The van der Waals surface area contributed by atoms with E-state index < -0.39 is 44.7 Å². The molecule has 686 valence electrons. The number of hydrogen-bond acceptors (Lipinski definition) is 22. The molecule has 1 fully saturated rings. The summed E-state index contributed by atoms with van der Waals surface area (Å²) in [7, 11) is 9.67. The molecule has 1 aliphatic carbocycles. The molecule has 1 saturated carbocycles. The van der Waals surface area contributed by atoms with Gasteiger partial charge in [-0.25, -0.2) is 19.2 Å². The van der Waals surface area contributed by atoms with Crippen LogP contribution >= 0.6 is 47.8 Å². The maximum atomic E-state index is 12.3. The summed E-state index contributed by atoms with van der Waals surface area (Å²) in [4.78, 5) is 87.4. The summed E-state index contributed by atoms with van der Waals surface area (Å²) >= 11 is 10.2. The third-order valence-electron chi connectivity index (χ3n) is 22.0. The van der Waals surface area contributed by atoms with Crippen molar-refractivity contribution in [2.75, 3.05) is 49.8 Å². The van der Waals surface area contributed by atoms with Crippen LogP contribution in [0.5, 0.6) is 0 Å². The van der Waals surface area contributed by atoms with E-state index in [-0.39, 0.29) is 35.8 Å². The van der Waals surface area contributed by atoms with Gasteiger partial charge in [0.05, 0.1) is 49.8 Å². The van der Waals surface area contributed by atoms with Crippen LogP contribution in [-0.2, 0) is 108 Å². The van der Waals surface area contributed by atoms with Crippen molar-refractivity contribution >= 4 is 89.6 Å². The SMILES string of the molecule is CCCCC(N)(C(=O)OC)c1cccc(Br)c1.CCCCC(N)(C(=O)OC)c1ccccc1.CCCCC(N)(C(=O)OC)c1cncc(Br)c1.CCCCC(N)(Cc1ccccc1)C(=O)OC.COC(=O)C(N)(CCC(C)C)CCC(C)C.COC(=O)C(N)(CCC1CCCCC1)c1cccc(Br)c1.COC(=O)C(N)(Cc1ccccc1)Cc1ccccc1. The van der Waals surface area contributed by atoms with Gasteiger partial charge >= 0.3 is 41.8 Å². The fourth-order valence-corrected chi connectivity index (χ4v) is 15.4. The molecule has 0 spiro atoms. The van der Waals surface area contributed by atoms with Crippen molar-refractivity contribution in [3.05, 3.63) is 241 Å². The number of carbonyl (C=O) groups excluding carboxylic acids is 7. The quantitative estimate of drug-likeness (QED) is 0.0140. The molecule has 5 atom stereocenters. The molecule has 22 nitrogen and oxygen atoms in total. The van der Waals surface area contributed by atoms with Gasteiger partial charge in [0.15, 0.2) is 0 Å². The Morgan fingerprint density at radius 1 is 0.339 bits per heavy atom. The van der Waals surface area contributed by atoms with Gasteiger partial charge in [-0.2, -0.15) is 0 Å². The highest BCUT2D eigenvalue weighted by molar-refractivity contribution is 9.11. The lowest BCUT2D eigenvalue weighted by molar-refractivity contribution is -0.148. The zero-order valence-corrected chi connectivity index (χ0v) is 81.1. The molecule has 5 unspecified atom stereocenters. The highest BCUT2D eigenvalue weighted by Crippen LogP contribution is 2.36. The second kappa shape index (κ2) is 59.1. The Morgan fingerprint density at radius 2 is 0.637 bits per heavy atom. The van der Waals surface area contributed by atoms with Crippen LogP contribution in [0.1, 0.15) is 242 Å². The Hall–Kier alpha value is -8.08. The Balaban J connectivity index is 0.000000491. The normalized spacial score (nSPS) is 14.2. The lowest BCUT2D eigenvalue weighted by Gasteiger charge is -2.30. The second-order valence-corrected chi connectivity index (χ2v) is 35.6. The number of halogens is 3. The second-order valence-electron chi connectivity index (χ2n) is 32.9. The largest absolute Gasteiger partial charge is 0.468 e. The van der Waals surface area contributed by atoms with Crippen molar-refractivity contribution in [1.82, 2.24) is 4.98 Å². The summed E-state index contributed by atoms with van der Waals surface area (Å²) < 4.78 is 36.6. The van der Waals surface area contributed by atoms with Crippen LogP contribution in [-0.4, -0.2) is 113 Å². The topological polar surface area (TPSA) is 379 Å². The third-order valence-corrected chi connectivity index (χ3v) is 23.4. The molecule has 0 saturated heterocycles.